The molecule has 0 atom stereocenters. The molecule has 0 unspecified atom stereocenters. The number of carbonyl (C=O) groups is 2. The van der Waals surface area contributed by atoms with Crippen LogP contribution in [-0.2, 0) is 4.74 Å². The van der Waals surface area contributed by atoms with Crippen LogP contribution in [-0.4, -0.2) is 21.9 Å². The first-order valence-electron chi connectivity index (χ1n) is 4.42. The number of nitrogens with zero attached hydrogens (tertiary/aromatic N) is 1. The molecule has 15 heavy (non-hydrogen) atoms. The molecule has 2 heterocycles. The van der Waals surface area contributed by atoms with Crippen molar-refractivity contribution in [2.45, 2.75) is 6.92 Å². The molecule has 0 bridgehead atoms. The number of carbonyl (C=O) groups excluding carboxylic acids is 2. The van der Waals surface area contributed by atoms with E-state index in [1.54, 1.807) is 19.1 Å². The average Bonchev–Trinajstić information content (AvgIpc) is 2.66. The first-order valence-corrected chi connectivity index (χ1v) is 4.42. The summed E-state index contributed by atoms with van der Waals surface area (Å²) in [6, 6.07) is 3.29. The average molecular weight is 202 g/mol. The van der Waals surface area contributed by atoms with Crippen molar-refractivity contribution in [3.63, 3.8) is 0 Å². The summed E-state index contributed by atoms with van der Waals surface area (Å²) in [6.07, 6.45) is 0. The first kappa shape index (κ1) is 8.16. The normalized spacial score (nSPS) is 14.5. The third-order valence-corrected chi connectivity index (χ3v) is 2.38. The van der Waals surface area contributed by atoms with Crippen LogP contribution < -0.4 is 0 Å². The minimum atomic E-state index is -0.618. The van der Waals surface area contributed by atoms with E-state index in [0.29, 0.717) is 16.9 Å². The van der Waals surface area contributed by atoms with Crippen LogP contribution in [0, 0.1) is 6.92 Å². The summed E-state index contributed by atoms with van der Waals surface area (Å²) < 4.78 is 4.52. The number of aromatic nitrogens is 2. The highest BCUT2D eigenvalue weighted by atomic mass is 16.6. The van der Waals surface area contributed by atoms with Gasteiger partial charge in [-0.1, -0.05) is 0 Å². The third-order valence-electron chi connectivity index (χ3n) is 2.38. The molecular formula is C10H6N2O3. The summed E-state index contributed by atoms with van der Waals surface area (Å²) in [5.41, 5.74) is 1.79. The molecule has 1 aromatic heterocycles. The number of benzene rings is 1. The molecule has 0 radical (unpaired) electrons. The number of hydrogen-bond donors (Lipinski definition) is 1. The fourth-order valence-electron chi connectivity index (χ4n) is 1.77. The lowest BCUT2D eigenvalue weighted by molar-refractivity contribution is 0.0444. The van der Waals surface area contributed by atoms with Crippen LogP contribution in [0.5, 0.6) is 0 Å². The molecule has 5 heteroatoms. The summed E-state index contributed by atoms with van der Waals surface area (Å²) >= 11 is 0. The van der Waals surface area contributed by atoms with Crippen LogP contribution in [0.25, 0.3) is 11.0 Å². The molecule has 0 saturated heterocycles. The maximum Gasteiger partial charge on any atom is 0.349 e. The number of ether oxygens (including phenoxy) is 1. The first-order chi connectivity index (χ1) is 7.16. The van der Waals surface area contributed by atoms with Crippen molar-refractivity contribution in [1.82, 2.24) is 9.97 Å². The number of rotatable bonds is 0. The summed E-state index contributed by atoms with van der Waals surface area (Å²) in [4.78, 5) is 29.8. The molecule has 1 aromatic carbocycles. The number of imidazole rings is 1. The van der Waals surface area contributed by atoms with Gasteiger partial charge in [-0.3, -0.25) is 0 Å². The number of esters is 2. The van der Waals surface area contributed by atoms with Gasteiger partial charge in [0.2, 0.25) is 0 Å². The van der Waals surface area contributed by atoms with E-state index in [1.807, 2.05) is 0 Å². The molecule has 1 aliphatic heterocycles. The zero-order valence-corrected chi connectivity index (χ0v) is 7.83. The van der Waals surface area contributed by atoms with E-state index in [-0.39, 0.29) is 5.56 Å². The van der Waals surface area contributed by atoms with Gasteiger partial charge >= 0.3 is 11.9 Å². The molecule has 0 saturated carbocycles. The van der Waals surface area contributed by atoms with E-state index >= 15 is 0 Å². The van der Waals surface area contributed by atoms with Crippen LogP contribution in [0.3, 0.4) is 0 Å². The zero-order valence-electron chi connectivity index (χ0n) is 7.83. The van der Waals surface area contributed by atoms with Crippen molar-refractivity contribution < 1.29 is 14.3 Å². The third kappa shape index (κ3) is 0.942. The highest BCUT2D eigenvalue weighted by Gasteiger charge is 2.32. The fourth-order valence-corrected chi connectivity index (χ4v) is 1.77. The van der Waals surface area contributed by atoms with E-state index in [2.05, 4.69) is 14.7 Å². The lowest BCUT2D eigenvalue weighted by atomic mass is 10.1. The maximum absolute atomic E-state index is 11.4. The Kier molecular flexibility index (Phi) is 1.33. The monoisotopic (exact) mass is 202 g/mol. The molecule has 3 rings (SSSR count). The number of hydrogen-bond acceptors (Lipinski definition) is 4. The summed E-state index contributed by atoms with van der Waals surface area (Å²) in [5, 5.41) is 0. The van der Waals surface area contributed by atoms with Crippen LogP contribution in [0.1, 0.15) is 26.5 Å². The van der Waals surface area contributed by atoms with E-state index < -0.39 is 11.9 Å². The number of cyclic esters (lactones) is 2. The number of fused-ring (bicyclic) bond motifs is 3. The van der Waals surface area contributed by atoms with Crippen LogP contribution in [0.2, 0.25) is 0 Å². The van der Waals surface area contributed by atoms with E-state index in [4.69, 9.17) is 0 Å². The van der Waals surface area contributed by atoms with Gasteiger partial charge in [-0.25, -0.2) is 14.6 Å². The molecule has 1 aliphatic rings. The van der Waals surface area contributed by atoms with Gasteiger partial charge in [-0.15, -0.1) is 0 Å². The minimum Gasteiger partial charge on any atom is -0.386 e. The van der Waals surface area contributed by atoms with Crippen molar-refractivity contribution >= 4 is 23.0 Å². The Morgan fingerprint density at radius 1 is 1.27 bits per heavy atom. The molecule has 74 valence electrons. The Morgan fingerprint density at radius 2 is 2.07 bits per heavy atom. The fraction of sp³-hybridized carbons (Fsp3) is 0.100. The summed E-state index contributed by atoms with van der Waals surface area (Å²) in [7, 11) is 0. The largest absolute Gasteiger partial charge is 0.386 e. The Hall–Kier alpha value is -2.17. The standard InChI is InChI=1S/C10H6N2O3/c1-4-11-6-3-2-5-7(8(6)12-4)10(14)15-9(5)13/h2-3H,1H3,(H,11,12). The van der Waals surface area contributed by atoms with Gasteiger partial charge in [-0.05, 0) is 19.1 Å². The highest BCUT2D eigenvalue weighted by Crippen LogP contribution is 2.26. The number of H-pyrrole nitrogens is 1. The molecule has 0 spiro atoms. The molecule has 5 nitrogen and oxygen atoms in total. The quantitative estimate of drug-likeness (QED) is 0.514. The molecule has 0 aliphatic carbocycles. The zero-order chi connectivity index (χ0) is 10.6. The summed E-state index contributed by atoms with van der Waals surface area (Å²) in [6.45, 7) is 1.79. The van der Waals surface area contributed by atoms with Crippen LogP contribution in [0.4, 0.5) is 0 Å². The second-order valence-electron chi connectivity index (χ2n) is 3.38. The van der Waals surface area contributed by atoms with Crippen LogP contribution >= 0.6 is 0 Å². The van der Waals surface area contributed by atoms with Gasteiger partial charge in [0, 0.05) is 0 Å². The molecule has 2 aromatic rings. The Bertz CT molecular complexity index is 612. The van der Waals surface area contributed by atoms with Crippen molar-refractivity contribution in [2.24, 2.45) is 0 Å². The minimum absolute atomic E-state index is 0.266. The van der Waals surface area contributed by atoms with Gasteiger partial charge in [0.1, 0.15) is 16.9 Å². The highest BCUT2D eigenvalue weighted by molar-refractivity contribution is 6.20. The second kappa shape index (κ2) is 2.44. The summed E-state index contributed by atoms with van der Waals surface area (Å²) in [5.74, 6) is -0.518. The van der Waals surface area contributed by atoms with Crippen molar-refractivity contribution in [3.8, 4) is 0 Å². The van der Waals surface area contributed by atoms with Gasteiger partial charge in [-0.2, -0.15) is 0 Å². The Morgan fingerprint density at radius 3 is 2.87 bits per heavy atom. The van der Waals surface area contributed by atoms with Crippen molar-refractivity contribution in [3.05, 3.63) is 29.1 Å². The van der Waals surface area contributed by atoms with E-state index in [9.17, 15) is 9.59 Å². The van der Waals surface area contributed by atoms with E-state index in [0.717, 1.165) is 5.52 Å². The molecule has 1 N–H and O–H groups in total. The Labute approximate surface area is 84.1 Å². The van der Waals surface area contributed by atoms with Gasteiger partial charge in [0.15, 0.2) is 0 Å². The Balaban J connectivity index is 2.48. The predicted octanol–water partition coefficient (Wildman–Crippen LogP) is 1.18. The lowest BCUT2D eigenvalue weighted by Gasteiger charge is -1.92. The smallest absolute Gasteiger partial charge is 0.349 e. The molecular weight excluding hydrogens is 196 g/mol. The predicted molar refractivity (Wildman–Crippen MR) is 50.6 cm³/mol. The van der Waals surface area contributed by atoms with Gasteiger partial charge < -0.3 is 9.72 Å². The van der Waals surface area contributed by atoms with Gasteiger partial charge in [0.25, 0.3) is 0 Å². The lowest BCUT2D eigenvalue weighted by Crippen LogP contribution is -1.97. The van der Waals surface area contributed by atoms with Crippen molar-refractivity contribution in [1.29, 1.82) is 0 Å². The maximum atomic E-state index is 11.4. The number of aryl methyl sites for hydroxylation is 1. The van der Waals surface area contributed by atoms with Crippen molar-refractivity contribution in [2.75, 3.05) is 0 Å². The van der Waals surface area contributed by atoms with Gasteiger partial charge in [0.05, 0.1) is 11.1 Å². The number of aromatic amines is 1. The molecule has 0 fully saturated rings. The second-order valence-corrected chi connectivity index (χ2v) is 3.38. The van der Waals surface area contributed by atoms with Crippen LogP contribution in [0.15, 0.2) is 12.1 Å². The van der Waals surface area contributed by atoms with E-state index in [1.165, 1.54) is 0 Å². The SMILES string of the molecule is Cc1nc2c3c(ccc2[nH]1)C(=O)OC3=O. The number of nitrogens with one attached hydrogen (secondary N) is 1. The topological polar surface area (TPSA) is 72.1 Å². The molecule has 0 amide bonds.